The Labute approximate surface area is 115 Å². The summed E-state index contributed by atoms with van der Waals surface area (Å²) < 4.78 is 0. The van der Waals surface area contributed by atoms with Crippen molar-refractivity contribution in [2.45, 2.75) is 25.8 Å². The lowest BCUT2D eigenvalue weighted by molar-refractivity contribution is -0.147. The highest BCUT2D eigenvalue weighted by Gasteiger charge is 2.39. The van der Waals surface area contributed by atoms with E-state index in [9.17, 15) is 4.79 Å². The molecule has 1 fully saturated rings. The minimum atomic E-state index is -0.420. The smallest absolute Gasteiger partial charge is 0.242 e. The van der Waals surface area contributed by atoms with Crippen LogP contribution in [0.25, 0.3) is 0 Å². The van der Waals surface area contributed by atoms with E-state index in [-0.39, 0.29) is 5.91 Å². The summed E-state index contributed by atoms with van der Waals surface area (Å²) in [6.45, 7) is 6.58. The fraction of sp³-hybridized carbons (Fsp3) is 0.533. The van der Waals surface area contributed by atoms with Gasteiger partial charge in [0.05, 0.1) is 5.54 Å². The minimum absolute atomic E-state index is 0.194. The zero-order valence-electron chi connectivity index (χ0n) is 12.0. The summed E-state index contributed by atoms with van der Waals surface area (Å²) >= 11 is 0. The number of anilines is 1. The topological polar surface area (TPSA) is 49.6 Å². The number of nitrogens with zero attached hydrogens (tertiary/aromatic N) is 2. The number of hydrogen-bond acceptors (Lipinski definition) is 3. The van der Waals surface area contributed by atoms with Crippen molar-refractivity contribution in [3.05, 3.63) is 29.8 Å². The fourth-order valence-electron chi connectivity index (χ4n) is 2.66. The van der Waals surface area contributed by atoms with Gasteiger partial charge in [-0.1, -0.05) is 18.2 Å². The van der Waals surface area contributed by atoms with E-state index in [0.717, 1.165) is 37.3 Å². The van der Waals surface area contributed by atoms with E-state index < -0.39 is 5.54 Å². The van der Waals surface area contributed by atoms with Crippen LogP contribution in [0.2, 0.25) is 0 Å². The average molecular weight is 261 g/mol. The number of nitrogens with two attached hydrogens (primary N) is 1. The highest BCUT2D eigenvalue weighted by molar-refractivity contribution is 5.86. The van der Waals surface area contributed by atoms with Gasteiger partial charge in [0.25, 0.3) is 0 Å². The Morgan fingerprint density at radius 1 is 1.26 bits per heavy atom. The van der Waals surface area contributed by atoms with Gasteiger partial charge in [0.15, 0.2) is 0 Å². The van der Waals surface area contributed by atoms with E-state index in [1.807, 2.05) is 44.0 Å². The lowest BCUT2D eigenvalue weighted by Gasteiger charge is -2.44. The maximum absolute atomic E-state index is 12.2. The molecule has 1 saturated heterocycles. The molecule has 1 aliphatic rings. The van der Waals surface area contributed by atoms with Gasteiger partial charge >= 0.3 is 0 Å². The second kappa shape index (κ2) is 5.21. The summed E-state index contributed by atoms with van der Waals surface area (Å²) in [4.78, 5) is 16.3. The van der Waals surface area contributed by atoms with Crippen LogP contribution >= 0.6 is 0 Å². The van der Waals surface area contributed by atoms with Crippen molar-refractivity contribution in [3.8, 4) is 0 Å². The zero-order chi connectivity index (χ0) is 14.0. The van der Waals surface area contributed by atoms with Crippen LogP contribution in [0.4, 0.5) is 5.69 Å². The molecule has 0 radical (unpaired) electrons. The molecular weight excluding hydrogens is 238 g/mol. The molecule has 0 saturated carbocycles. The first kappa shape index (κ1) is 13.9. The van der Waals surface area contributed by atoms with Crippen molar-refractivity contribution in [1.29, 1.82) is 0 Å². The number of nitrogen functional groups attached to an aromatic ring is 1. The number of carbonyl (C=O) groups is 1. The number of carbonyl (C=O) groups excluding carboxylic acids is 1. The van der Waals surface area contributed by atoms with Crippen molar-refractivity contribution < 1.29 is 4.79 Å². The molecule has 2 N–H and O–H groups in total. The highest BCUT2D eigenvalue weighted by atomic mass is 16.2. The van der Waals surface area contributed by atoms with Gasteiger partial charge in [-0.3, -0.25) is 9.69 Å². The predicted octanol–water partition coefficient (Wildman–Crippen LogP) is 1.36. The second-order valence-electron chi connectivity index (χ2n) is 5.72. The molecule has 1 aromatic carbocycles. The third-order valence-corrected chi connectivity index (χ3v) is 4.07. The number of para-hydroxylation sites is 1. The molecule has 0 atom stereocenters. The van der Waals surface area contributed by atoms with E-state index in [1.54, 1.807) is 0 Å². The maximum Gasteiger partial charge on any atom is 0.242 e. The quantitative estimate of drug-likeness (QED) is 0.836. The lowest BCUT2D eigenvalue weighted by atomic mass is 9.97. The molecule has 0 unspecified atom stereocenters. The van der Waals surface area contributed by atoms with Gasteiger partial charge in [0.2, 0.25) is 5.91 Å². The van der Waals surface area contributed by atoms with E-state index in [2.05, 4.69) is 11.0 Å². The van der Waals surface area contributed by atoms with Crippen LogP contribution in [-0.4, -0.2) is 47.9 Å². The SMILES string of the molecule is CN1CCN(CCc2ccccc2N)C(C)(C)C1=O. The fourth-order valence-corrected chi connectivity index (χ4v) is 2.66. The normalized spacial score (nSPS) is 19.7. The van der Waals surface area contributed by atoms with Crippen molar-refractivity contribution >= 4 is 11.6 Å². The molecule has 0 spiro atoms. The predicted molar refractivity (Wildman–Crippen MR) is 77.8 cm³/mol. The summed E-state index contributed by atoms with van der Waals surface area (Å²) in [5, 5.41) is 0. The van der Waals surface area contributed by atoms with Crippen LogP contribution in [0.15, 0.2) is 24.3 Å². The van der Waals surface area contributed by atoms with Crippen molar-refractivity contribution in [2.75, 3.05) is 32.4 Å². The first-order valence-corrected chi connectivity index (χ1v) is 6.77. The largest absolute Gasteiger partial charge is 0.399 e. The second-order valence-corrected chi connectivity index (χ2v) is 5.72. The molecule has 1 aliphatic heterocycles. The summed E-state index contributed by atoms with van der Waals surface area (Å²) in [6, 6.07) is 7.93. The van der Waals surface area contributed by atoms with Crippen molar-refractivity contribution in [3.63, 3.8) is 0 Å². The number of piperazine rings is 1. The molecule has 4 nitrogen and oxygen atoms in total. The number of benzene rings is 1. The van der Waals surface area contributed by atoms with Gasteiger partial charge in [-0.2, -0.15) is 0 Å². The van der Waals surface area contributed by atoms with Crippen molar-refractivity contribution in [1.82, 2.24) is 9.80 Å². The molecule has 19 heavy (non-hydrogen) atoms. The zero-order valence-corrected chi connectivity index (χ0v) is 12.0. The summed E-state index contributed by atoms with van der Waals surface area (Å²) in [7, 11) is 1.87. The Bertz CT molecular complexity index is 470. The van der Waals surface area contributed by atoms with E-state index in [1.165, 1.54) is 0 Å². The number of likely N-dealkylation sites (N-methyl/N-ethyl adjacent to an activating group) is 1. The molecular formula is C15H23N3O. The van der Waals surface area contributed by atoms with Gasteiger partial charge in [-0.15, -0.1) is 0 Å². The van der Waals surface area contributed by atoms with Gasteiger partial charge < -0.3 is 10.6 Å². The van der Waals surface area contributed by atoms with Crippen LogP contribution in [0.3, 0.4) is 0 Å². The lowest BCUT2D eigenvalue weighted by Crippen LogP contribution is -2.62. The van der Waals surface area contributed by atoms with E-state index in [4.69, 9.17) is 5.73 Å². The molecule has 0 aromatic heterocycles. The Kier molecular flexibility index (Phi) is 3.80. The van der Waals surface area contributed by atoms with Crippen LogP contribution in [0.5, 0.6) is 0 Å². The van der Waals surface area contributed by atoms with Gasteiger partial charge in [-0.25, -0.2) is 0 Å². The Hall–Kier alpha value is -1.55. The first-order valence-electron chi connectivity index (χ1n) is 6.77. The molecule has 0 bridgehead atoms. The first-order chi connectivity index (χ1) is 8.93. The van der Waals surface area contributed by atoms with Gasteiger partial charge in [0.1, 0.15) is 0 Å². The minimum Gasteiger partial charge on any atom is -0.399 e. The molecule has 2 rings (SSSR count). The standard InChI is InChI=1S/C15H23N3O/c1-15(2)14(19)17(3)10-11-18(15)9-8-12-6-4-5-7-13(12)16/h4-7H,8-11,16H2,1-3H3. The average Bonchev–Trinajstić information content (AvgIpc) is 2.37. The third kappa shape index (κ3) is 2.73. The molecule has 1 heterocycles. The van der Waals surface area contributed by atoms with E-state index in [0.29, 0.717) is 0 Å². The third-order valence-electron chi connectivity index (χ3n) is 4.07. The summed E-state index contributed by atoms with van der Waals surface area (Å²) in [5.41, 5.74) is 7.53. The molecule has 1 amide bonds. The number of rotatable bonds is 3. The molecule has 4 heteroatoms. The molecule has 1 aromatic rings. The van der Waals surface area contributed by atoms with Crippen LogP contribution < -0.4 is 5.73 Å². The van der Waals surface area contributed by atoms with Crippen molar-refractivity contribution in [2.24, 2.45) is 0 Å². The highest BCUT2D eigenvalue weighted by Crippen LogP contribution is 2.22. The summed E-state index contributed by atoms with van der Waals surface area (Å²) in [6.07, 6.45) is 0.882. The number of amides is 1. The maximum atomic E-state index is 12.2. The number of hydrogen-bond donors (Lipinski definition) is 1. The van der Waals surface area contributed by atoms with E-state index >= 15 is 0 Å². The van der Waals surface area contributed by atoms with Crippen LogP contribution in [0.1, 0.15) is 19.4 Å². The Morgan fingerprint density at radius 3 is 2.63 bits per heavy atom. The van der Waals surface area contributed by atoms with Crippen LogP contribution in [0, 0.1) is 0 Å². The summed E-state index contributed by atoms with van der Waals surface area (Å²) in [5.74, 6) is 0.194. The van der Waals surface area contributed by atoms with Crippen LogP contribution in [-0.2, 0) is 11.2 Å². The Balaban J connectivity index is 2.04. The Morgan fingerprint density at radius 2 is 1.95 bits per heavy atom. The monoisotopic (exact) mass is 261 g/mol. The molecule has 0 aliphatic carbocycles. The molecule has 104 valence electrons. The van der Waals surface area contributed by atoms with Gasteiger partial charge in [0, 0.05) is 32.4 Å². The van der Waals surface area contributed by atoms with Gasteiger partial charge in [-0.05, 0) is 31.9 Å².